The van der Waals surface area contributed by atoms with Crippen LogP contribution >= 0.6 is 24.0 Å². The van der Waals surface area contributed by atoms with Gasteiger partial charge in [0.2, 0.25) is 5.89 Å². The third kappa shape index (κ3) is 9.32. The minimum Gasteiger partial charge on any atom is -0.491 e. The molecule has 0 saturated carbocycles. The van der Waals surface area contributed by atoms with E-state index in [1.54, 1.807) is 6.92 Å². The monoisotopic (exact) mass is 556 g/mol. The van der Waals surface area contributed by atoms with Crippen molar-refractivity contribution in [2.75, 3.05) is 31.5 Å². The zero-order valence-corrected chi connectivity index (χ0v) is 22.0. The summed E-state index contributed by atoms with van der Waals surface area (Å²) >= 11 is 0. The minimum atomic E-state index is 0. The molecule has 1 fully saturated rings. The van der Waals surface area contributed by atoms with Gasteiger partial charge < -0.3 is 24.8 Å². The number of aliphatic imine (C=N–C) groups is 1. The van der Waals surface area contributed by atoms with Crippen molar-refractivity contribution < 1.29 is 9.26 Å². The third-order valence-corrected chi connectivity index (χ3v) is 5.25. The van der Waals surface area contributed by atoms with Gasteiger partial charge in [0.1, 0.15) is 12.3 Å². The first kappa shape index (κ1) is 26.4. The molecule has 0 unspecified atom stereocenters. The highest BCUT2D eigenvalue weighted by atomic mass is 127. The Kier molecular flexibility index (Phi) is 11.2. The van der Waals surface area contributed by atoms with E-state index in [2.05, 4.69) is 37.6 Å². The number of ether oxygens (including phenoxy) is 1. The summed E-state index contributed by atoms with van der Waals surface area (Å²) in [6.07, 6.45) is 3.83. The number of benzene rings is 1. The molecule has 0 atom stereocenters. The molecule has 2 heterocycles. The average Bonchev–Trinajstić information content (AvgIpc) is 3.16. The van der Waals surface area contributed by atoms with Crippen LogP contribution in [-0.2, 0) is 6.54 Å². The van der Waals surface area contributed by atoms with E-state index in [-0.39, 0.29) is 30.1 Å². The molecule has 1 saturated heterocycles. The smallest absolute Gasteiger partial charge is 0.248 e. The summed E-state index contributed by atoms with van der Waals surface area (Å²) in [5.74, 6) is 3.53. The normalized spacial score (nSPS) is 15.5. The number of piperidine rings is 1. The van der Waals surface area contributed by atoms with Crippen molar-refractivity contribution in [2.24, 2.45) is 10.9 Å². The molecule has 1 aromatic carbocycles. The van der Waals surface area contributed by atoms with Crippen molar-refractivity contribution in [3.63, 3.8) is 0 Å². The van der Waals surface area contributed by atoms with Crippen LogP contribution in [-0.4, -0.2) is 53.3 Å². The number of hydrogen-bond donors (Lipinski definition) is 2. The maximum absolute atomic E-state index is 5.72. The van der Waals surface area contributed by atoms with E-state index in [4.69, 9.17) is 9.26 Å². The Morgan fingerprint density at radius 3 is 2.59 bits per heavy atom. The fraction of sp³-hybridized carbons (Fsp3) is 0.609. The first-order valence-corrected chi connectivity index (χ1v) is 11.3. The number of aromatic nitrogens is 2. The largest absolute Gasteiger partial charge is 0.491 e. The number of aryl methyl sites for hydroxylation is 1. The number of anilines is 1. The molecule has 178 valence electrons. The Hall–Kier alpha value is -1.88. The van der Waals surface area contributed by atoms with Gasteiger partial charge in [0, 0.05) is 12.2 Å². The molecule has 8 nitrogen and oxygen atoms in total. The molecule has 32 heavy (non-hydrogen) atoms. The summed E-state index contributed by atoms with van der Waals surface area (Å²) in [7, 11) is 0. The van der Waals surface area contributed by atoms with Crippen molar-refractivity contribution in [3.05, 3.63) is 36.0 Å². The number of rotatable bonds is 9. The fourth-order valence-electron chi connectivity index (χ4n) is 3.51. The zero-order valence-electron chi connectivity index (χ0n) is 19.6. The minimum absolute atomic E-state index is 0. The Labute approximate surface area is 208 Å². The molecule has 1 aromatic heterocycles. The van der Waals surface area contributed by atoms with Gasteiger partial charge in [0.25, 0.3) is 0 Å². The number of nitrogens with zero attached hydrogens (tertiary/aromatic N) is 4. The lowest BCUT2D eigenvalue weighted by atomic mass is 9.99. The molecular formula is C23H37IN6O2. The van der Waals surface area contributed by atoms with Crippen molar-refractivity contribution in [1.29, 1.82) is 0 Å². The summed E-state index contributed by atoms with van der Waals surface area (Å²) in [4.78, 5) is 11.4. The highest BCUT2D eigenvalue weighted by molar-refractivity contribution is 14.0. The molecule has 3 rings (SSSR count). The second-order valence-corrected chi connectivity index (χ2v) is 8.52. The van der Waals surface area contributed by atoms with Gasteiger partial charge in [-0.2, -0.15) is 4.98 Å². The predicted molar refractivity (Wildman–Crippen MR) is 139 cm³/mol. The summed E-state index contributed by atoms with van der Waals surface area (Å²) in [6, 6.07) is 7.89. The second-order valence-electron chi connectivity index (χ2n) is 8.52. The van der Waals surface area contributed by atoms with Gasteiger partial charge in [-0.3, -0.25) is 0 Å². The molecule has 1 aliphatic rings. The topological polar surface area (TPSA) is 87.8 Å². The van der Waals surface area contributed by atoms with Gasteiger partial charge in [-0.15, -0.1) is 24.0 Å². The SMILES string of the molecule is Cc1noc(CN=C(NCCCN2CCC(C)CC2)Nc2ccc(OC(C)C)cc2)n1.I. The molecule has 0 radical (unpaired) electrons. The fourth-order valence-corrected chi connectivity index (χ4v) is 3.51. The van der Waals surface area contributed by atoms with Crippen molar-refractivity contribution in [2.45, 2.75) is 59.6 Å². The maximum atomic E-state index is 5.72. The van der Waals surface area contributed by atoms with Gasteiger partial charge >= 0.3 is 0 Å². The van der Waals surface area contributed by atoms with Gasteiger partial charge in [0.15, 0.2) is 11.8 Å². The van der Waals surface area contributed by atoms with Crippen molar-refractivity contribution >= 4 is 35.6 Å². The van der Waals surface area contributed by atoms with Crippen LogP contribution in [0.2, 0.25) is 0 Å². The van der Waals surface area contributed by atoms with Gasteiger partial charge in [0.05, 0.1) is 6.10 Å². The number of hydrogen-bond acceptors (Lipinski definition) is 6. The number of likely N-dealkylation sites (tertiary alicyclic amines) is 1. The molecule has 0 amide bonds. The summed E-state index contributed by atoms with van der Waals surface area (Å²) in [5.41, 5.74) is 0.939. The van der Waals surface area contributed by atoms with E-state index in [1.165, 1.54) is 25.9 Å². The Morgan fingerprint density at radius 2 is 1.97 bits per heavy atom. The van der Waals surface area contributed by atoms with Crippen LogP contribution in [0.4, 0.5) is 5.69 Å². The van der Waals surface area contributed by atoms with E-state index in [0.717, 1.165) is 36.9 Å². The van der Waals surface area contributed by atoms with Gasteiger partial charge in [-0.25, -0.2) is 4.99 Å². The maximum Gasteiger partial charge on any atom is 0.248 e. The molecule has 0 bridgehead atoms. The molecule has 2 aromatic rings. The Balaban J connectivity index is 0.00000363. The lowest BCUT2D eigenvalue weighted by molar-refractivity contribution is 0.191. The van der Waals surface area contributed by atoms with Gasteiger partial charge in [-0.05, 0) is 89.9 Å². The Bertz CT molecular complexity index is 816. The highest BCUT2D eigenvalue weighted by Gasteiger charge is 2.14. The zero-order chi connectivity index (χ0) is 22.1. The van der Waals surface area contributed by atoms with Crippen LogP contribution < -0.4 is 15.4 Å². The first-order valence-electron chi connectivity index (χ1n) is 11.3. The van der Waals surface area contributed by atoms with E-state index >= 15 is 0 Å². The second kappa shape index (κ2) is 13.6. The van der Waals surface area contributed by atoms with Crippen molar-refractivity contribution in [3.8, 4) is 5.75 Å². The Morgan fingerprint density at radius 1 is 1.25 bits per heavy atom. The molecule has 2 N–H and O–H groups in total. The standard InChI is InChI=1S/C23H36N6O2.HI/c1-17(2)30-21-8-6-20(7-9-21)27-23(25-16-22-26-19(4)28-31-22)24-12-5-13-29-14-10-18(3)11-15-29;/h6-9,17-18H,5,10-16H2,1-4H3,(H2,24,25,27);1H. The molecular weight excluding hydrogens is 519 g/mol. The molecule has 0 spiro atoms. The van der Waals surface area contributed by atoms with Crippen LogP contribution in [0.5, 0.6) is 5.75 Å². The number of halogens is 1. The lowest BCUT2D eigenvalue weighted by Crippen LogP contribution is -2.36. The number of nitrogens with one attached hydrogen (secondary N) is 2. The molecule has 9 heteroatoms. The van der Waals surface area contributed by atoms with E-state index < -0.39 is 0 Å². The third-order valence-electron chi connectivity index (χ3n) is 5.25. The van der Waals surface area contributed by atoms with E-state index in [1.807, 2.05) is 38.1 Å². The van der Waals surface area contributed by atoms with Crippen LogP contribution in [0.25, 0.3) is 0 Å². The molecule has 0 aliphatic carbocycles. The number of guanidine groups is 1. The highest BCUT2D eigenvalue weighted by Crippen LogP contribution is 2.17. The predicted octanol–water partition coefficient (Wildman–Crippen LogP) is 4.46. The average molecular weight is 556 g/mol. The summed E-state index contributed by atoms with van der Waals surface area (Å²) in [6.45, 7) is 12.9. The summed E-state index contributed by atoms with van der Waals surface area (Å²) in [5, 5.41) is 10.6. The van der Waals surface area contributed by atoms with Crippen LogP contribution in [0.15, 0.2) is 33.8 Å². The lowest BCUT2D eigenvalue weighted by Gasteiger charge is -2.30. The van der Waals surface area contributed by atoms with Crippen LogP contribution in [0, 0.1) is 12.8 Å². The van der Waals surface area contributed by atoms with E-state index in [9.17, 15) is 0 Å². The van der Waals surface area contributed by atoms with Crippen LogP contribution in [0.3, 0.4) is 0 Å². The van der Waals surface area contributed by atoms with Gasteiger partial charge in [-0.1, -0.05) is 12.1 Å². The van der Waals surface area contributed by atoms with E-state index in [0.29, 0.717) is 24.2 Å². The van der Waals surface area contributed by atoms with Crippen LogP contribution in [0.1, 0.15) is 51.7 Å². The summed E-state index contributed by atoms with van der Waals surface area (Å²) < 4.78 is 10.9. The first-order chi connectivity index (χ1) is 15.0. The molecule has 1 aliphatic heterocycles. The quantitative estimate of drug-likeness (QED) is 0.204. The van der Waals surface area contributed by atoms with Crippen molar-refractivity contribution in [1.82, 2.24) is 20.4 Å².